The second-order valence-corrected chi connectivity index (χ2v) is 10.3. The lowest BCUT2D eigenvalue weighted by atomic mass is 10.1. The Morgan fingerprint density at radius 2 is 1.87 bits per heavy atom. The number of halogens is 3. The third-order valence-electron chi connectivity index (χ3n) is 5.92. The summed E-state index contributed by atoms with van der Waals surface area (Å²) in [6, 6.07) is 3.99. The van der Waals surface area contributed by atoms with Gasteiger partial charge in [-0.1, -0.05) is 0 Å². The Morgan fingerprint density at radius 3 is 2.47 bits per heavy atom. The van der Waals surface area contributed by atoms with E-state index in [0.29, 0.717) is 5.56 Å². The van der Waals surface area contributed by atoms with Gasteiger partial charge in [-0.15, -0.1) is 10.2 Å². The molecule has 206 valence electrons. The van der Waals surface area contributed by atoms with Crippen LogP contribution in [-0.2, 0) is 49.7 Å². The lowest BCUT2D eigenvalue weighted by molar-refractivity contribution is -0.384. The highest BCUT2D eigenvalue weighted by atomic mass is 32.2. The summed E-state index contributed by atoms with van der Waals surface area (Å²) in [4.78, 5) is 38.6. The predicted octanol–water partition coefficient (Wildman–Crippen LogP) is 1.30. The van der Waals surface area contributed by atoms with Crippen molar-refractivity contribution in [3.8, 4) is 0 Å². The second kappa shape index (κ2) is 10.2. The first kappa shape index (κ1) is 27.2. The van der Waals surface area contributed by atoms with Gasteiger partial charge in [-0.25, -0.2) is 4.79 Å². The van der Waals surface area contributed by atoms with Gasteiger partial charge in [0.15, 0.2) is 5.82 Å². The minimum Gasteiger partial charge on any atom is -0.445 e. The molecule has 0 saturated carbocycles. The predicted molar refractivity (Wildman–Crippen MR) is 119 cm³/mol. The van der Waals surface area contributed by atoms with Crippen LogP contribution in [0, 0.1) is 10.1 Å². The molecule has 38 heavy (non-hydrogen) atoms. The van der Waals surface area contributed by atoms with E-state index in [-0.39, 0.29) is 50.7 Å². The largest absolute Gasteiger partial charge is 0.451 e. The molecule has 0 aliphatic carbocycles. The van der Waals surface area contributed by atoms with E-state index in [4.69, 9.17) is 8.92 Å². The highest BCUT2D eigenvalue weighted by Gasteiger charge is 2.45. The number of hydrogen-bond acceptors (Lipinski definition) is 10. The Hall–Kier alpha value is -3.80. The van der Waals surface area contributed by atoms with Crippen molar-refractivity contribution in [1.82, 2.24) is 24.6 Å². The number of fused-ring (bicyclic) bond motifs is 1. The van der Waals surface area contributed by atoms with E-state index in [1.807, 2.05) is 0 Å². The van der Waals surface area contributed by atoms with Crippen molar-refractivity contribution < 1.29 is 45.0 Å². The molecule has 3 heterocycles. The van der Waals surface area contributed by atoms with E-state index < -0.39 is 51.2 Å². The Balaban J connectivity index is 1.48. The number of likely N-dealkylation sites (tertiary alicyclic amines) is 1. The van der Waals surface area contributed by atoms with Gasteiger partial charge >= 0.3 is 12.3 Å². The summed E-state index contributed by atoms with van der Waals surface area (Å²) in [5.41, 5.74) is 0.261. The number of non-ortho nitro benzene ring substituents is 1. The molecule has 2 aliphatic heterocycles. The summed E-state index contributed by atoms with van der Waals surface area (Å²) in [5, 5.41) is 17.5. The number of rotatable bonds is 6. The number of ether oxygens (including phenoxy) is 1. The molecule has 1 saturated heterocycles. The molecule has 1 fully saturated rings. The smallest absolute Gasteiger partial charge is 0.445 e. The molecule has 0 radical (unpaired) electrons. The van der Waals surface area contributed by atoms with Crippen molar-refractivity contribution in [3.05, 3.63) is 51.6 Å². The average Bonchev–Trinajstić information content (AvgIpc) is 3.45. The topological polar surface area (TPSA) is 167 Å². The van der Waals surface area contributed by atoms with Gasteiger partial charge in [0.2, 0.25) is 11.7 Å². The second-order valence-electron chi connectivity index (χ2n) is 8.65. The van der Waals surface area contributed by atoms with E-state index in [1.165, 1.54) is 29.2 Å². The van der Waals surface area contributed by atoms with Crippen LogP contribution in [0.3, 0.4) is 0 Å². The van der Waals surface area contributed by atoms with Crippen LogP contribution in [0.2, 0.25) is 0 Å². The fraction of sp³-hybridized carbons (Fsp3) is 0.500. The molecule has 0 unspecified atom stereocenters. The van der Waals surface area contributed by atoms with Crippen LogP contribution in [0.15, 0.2) is 24.3 Å². The summed E-state index contributed by atoms with van der Waals surface area (Å²) < 4.78 is 73.7. The highest BCUT2D eigenvalue weighted by Crippen LogP contribution is 2.31. The van der Waals surface area contributed by atoms with Crippen molar-refractivity contribution in [2.24, 2.45) is 0 Å². The number of carbonyl (C=O) groups excluding carboxylic acids is 2. The maximum absolute atomic E-state index is 13.3. The van der Waals surface area contributed by atoms with Gasteiger partial charge in [0.1, 0.15) is 12.6 Å². The number of hydrogen-bond donors (Lipinski definition) is 0. The Labute approximate surface area is 213 Å². The van der Waals surface area contributed by atoms with Gasteiger partial charge in [-0.2, -0.15) is 21.6 Å². The third-order valence-corrected chi connectivity index (χ3v) is 6.54. The molecular formula is C20H21F3N6O8S. The first-order valence-corrected chi connectivity index (χ1v) is 12.9. The molecule has 2 amide bonds. The van der Waals surface area contributed by atoms with Gasteiger partial charge < -0.3 is 14.2 Å². The Morgan fingerprint density at radius 1 is 1.18 bits per heavy atom. The standard InChI is InChI=1S/C20H21F3N6O8S/c1-38(34,35)37-14-8-15(17(30)26-6-7-27-16(10-26)24-25-18(27)20(21,22)23)28(9-14)19(31)36-11-12-2-4-13(5-3-12)29(32)33/h2-5,14-15H,6-11H2,1H3/t14-,15+/m1/s1. The van der Waals surface area contributed by atoms with E-state index >= 15 is 0 Å². The number of carbonyl (C=O) groups is 2. The minimum absolute atomic E-state index is 0.0915. The van der Waals surface area contributed by atoms with E-state index in [2.05, 4.69) is 10.2 Å². The zero-order valence-electron chi connectivity index (χ0n) is 19.7. The summed E-state index contributed by atoms with van der Waals surface area (Å²) in [5.74, 6) is -1.93. The monoisotopic (exact) mass is 562 g/mol. The molecule has 2 aromatic rings. The highest BCUT2D eigenvalue weighted by molar-refractivity contribution is 7.86. The van der Waals surface area contributed by atoms with E-state index in [0.717, 1.165) is 15.7 Å². The number of nitrogens with zero attached hydrogens (tertiary/aromatic N) is 6. The summed E-state index contributed by atoms with van der Waals surface area (Å²) in [7, 11) is -3.94. The number of amides is 2. The minimum atomic E-state index is -4.72. The first-order chi connectivity index (χ1) is 17.7. The van der Waals surface area contributed by atoms with Crippen molar-refractivity contribution in [2.45, 2.75) is 44.4 Å². The normalized spacial score (nSPS) is 19.8. The SMILES string of the molecule is CS(=O)(=O)O[C@@H]1C[C@@H](C(=O)N2CCn3c(nnc3C(F)(F)F)C2)N(C(=O)OCc2ccc([N+](=O)[O-])cc2)C1. The van der Waals surface area contributed by atoms with Crippen molar-refractivity contribution in [1.29, 1.82) is 0 Å². The van der Waals surface area contributed by atoms with E-state index in [1.54, 1.807) is 0 Å². The molecule has 2 aliphatic rings. The third kappa shape index (κ3) is 6.01. The molecule has 4 rings (SSSR count). The Bertz CT molecular complexity index is 1350. The first-order valence-electron chi connectivity index (χ1n) is 11.1. The quantitative estimate of drug-likeness (QED) is 0.284. The van der Waals surface area contributed by atoms with Crippen LogP contribution in [0.25, 0.3) is 0 Å². The molecule has 0 bridgehead atoms. The molecular weight excluding hydrogens is 541 g/mol. The van der Waals surface area contributed by atoms with Crippen LogP contribution in [0.5, 0.6) is 0 Å². The zero-order chi connectivity index (χ0) is 27.8. The zero-order valence-corrected chi connectivity index (χ0v) is 20.5. The van der Waals surface area contributed by atoms with Crippen LogP contribution >= 0.6 is 0 Å². The molecule has 1 aromatic carbocycles. The van der Waals surface area contributed by atoms with Gasteiger partial charge in [0, 0.05) is 31.6 Å². The molecule has 0 N–H and O–H groups in total. The van der Waals surface area contributed by atoms with Gasteiger partial charge in [0.05, 0.1) is 30.4 Å². The summed E-state index contributed by atoms with van der Waals surface area (Å²) in [6.07, 6.45) is -6.13. The number of benzene rings is 1. The van der Waals surface area contributed by atoms with Crippen LogP contribution in [-0.4, -0.2) is 81.4 Å². The Kier molecular flexibility index (Phi) is 7.29. The van der Waals surface area contributed by atoms with Crippen LogP contribution in [0.1, 0.15) is 23.6 Å². The fourth-order valence-corrected chi connectivity index (χ4v) is 4.89. The van der Waals surface area contributed by atoms with Crippen LogP contribution in [0.4, 0.5) is 23.7 Å². The van der Waals surface area contributed by atoms with Gasteiger partial charge in [0.25, 0.3) is 15.8 Å². The molecule has 1 aromatic heterocycles. The maximum atomic E-state index is 13.3. The van der Waals surface area contributed by atoms with Gasteiger partial charge in [-0.3, -0.25) is 24.0 Å². The molecule has 2 atom stereocenters. The number of alkyl halides is 3. The lowest BCUT2D eigenvalue weighted by Crippen LogP contribution is -2.50. The number of nitro benzene ring substituents is 1. The summed E-state index contributed by atoms with van der Waals surface area (Å²) in [6.45, 7) is -1.26. The van der Waals surface area contributed by atoms with Crippen LogP contribution < -0.4 is 0 Å². The lowest BCUT2D eigenvalue weighted by Gasteiger charge is -2.32. The molecule has 14 nitrogen and oxygen atoms in total. The molecule has 18 heteroatoms. The van der Waals surface area contributed by atoms with Crippen molar-refractivity contribution in [3.63, 3.8) is 0 Å². The van der Waals surface area contributed by atoms with Crippen molar-refractivity contribution in [2.75, 3.05) is 19.3 Å². The fourth-order valence-electron chi connectivity index (χ4n) is 4.26. The maximum Gasteiger partial charge on any atom is 0.451 e. The summed E-state index contributed by atoms with van der Waals surface area (Å²) >= 11 is 0. The average molecular weight is 562 g/mol. The van der Waals surface area contributed by atoms with Crippen molar-refractivity contribution >= 4 is 27.8 Å². The van der Waals surface area contributed by atoms with Gasteiger partial charge in [-0.05, 0) is 17.7 Å². The molecule has 0 spiro atoms. The number of aromatic nitrogens is 3. The van der Waals surface area contributed by atoms with E-state index in [9.17, 15) is 41.3 Å². The number of nitro groups is 1.